The van der Waals surface area contributed by atoms with E-state index in [9.17, 15) is 13.2 Å². The number of benzene rings is 1. The second-order valence-corrected chi connectivity index (χ2v) is 9.12. The summed E-state index contributed by atoms with van der Waals surface area (Å²) < 4.78 is 34.7. The van der Waals surface area contributed by atoms with Gasteiger partial charge in [-0.25, -0.2) is 8.42 Å². The van der Waals surface area contributed by atoms with E-state index in [2.05, 4.69) is 4.99 Å². The number of ketones is 1. The molecule has 9 heteroatoms. The van der Waals surface area contributed by atoms with E-state index in [1.54, 1.807) is 0 Å². The quantitative estimate of drug-likeness (QED) is 0.789. The number of sulfone groups is 1. The highest BCUT2D eigenvalue weighted by atomic mass is 32.2. The average molecular weight is 368 g/mol. The van der Waals surface area contributed by atoms with Crippen molar-refractivity contribution in [2.45, 2.75) is 19.0 Å². The highest BCUT2D eigenvalue weighted by Crippen LogP contribution is 2.40. The first kappa shape index (κ1) is 15.8. The maximum absolute atomic E-state index is 12.0. The Kier molecular flexibility index (Phi) is 3.72. The summed E-state index contributed by atoms with van der Waals surface area (Å²) in [5.41, 5.74) is 0.804. The third-order valence-electron chi connectivity index (χ3n) is 4.15. The van der Waals surface area contributed by atoms with Gasteiger partial charge in [0.15, 0.2) is 26.5 Å². The standard InChI is InChI=1S/C15H16N2O5S2/c1-9(18)5-23-15-16-11-6-24(19,20)7-12(11)17(15)10-2-3-13-14(4-10)22-8-21-13/h2-4,11-12H,5-8H2,1H3. The van der Waals surface area contributed by atoms with Crippen molar-refractivity contribution in [3.63, 3.8) is 0 Å². The molecule has 24 heavy (non-hydrogen) atoms. The van der Waals surface area contributed by atoms with E-state index in [1.165, 1.54) is 18.7 Å². The number of carbonyl (C=O) groups is 1. The van der Waals surface area contributed by atoms with Crippen LogP contribution in [0.3, 0.4) is 0 Å². The number of amidine groups is 1. The number of fused-ring (bicyclic) bond motifs is 2. The number of ether oxygens (including phenoxy) is 2. The van der Waals surface area contributed by atoms with Gasteiger partial charge in [-0.2, -0.15) is 0 Å². The molecule has 3 heterocycles. The third kappa shape index (κ3) is 2.75. The third-order valence-corrected chi connectivity index (χ3v) is 6.96. The van der Waals surface area contributed by atoms with Gasteiger partial charge in [0.05, 0.1) is 29.3 Å². The highest BCUT2D eigenvalue weighted by molar-refractivity contribution is 8.14. The van der Waals surface area contributed by atoms with Crippen molar-refractivity contribution in [2.75, 3.05) is 29.0 Å². The minimum Gasteiger partial charge on any atom is -0.454 e. The Labute approximate surface area is 143 Å². The molecule has 1 aromatic rings. The number of anilines is 1. The Morgan fingerprint density at radius 2 is 2.12 bits per heavy atom. The summed E-state index contributed by atoms with van der Waals surface area (Å²) in [6.45, 7) is 1.71. The maximum atomic E-state index is 12.0. The lowest BCUT2D eigenvalue weighted by Crippen LogP contribution is -2.39. The van der Waals surface area contributed by atoms with Gasteiger partial charge < -0.3 is 14.4 Å². The van der Waals surface area contributed by atoms with E-state index in [4.69, 9.17) is 9.47 Å². The Balaban J connectivity index is 1.69. The van der Waals surface area contributed by atoms with Crippen molar-refractivity contribution in [3.8, 4) is 11.5 Å². The second-order valence-electron chi connectivity index (χ2n) is 6.02. The normalized spacial score (nSPS) is 26.4. The SMILES string of the molecule is CC(=O)CSC1=NC2CS(=O)(=O)CC2N1c1ccc2c(c1)OCO2. The van der Waals surface area contributed by atoms with Crippen LogP contribution < -0.4 is 14.4 Å². The largest absolute Gasteiger partial charge is 0.454 e. The van der Waals surface area contributed by atoms with Gasteiger partial charge in [0.2, 0.25) is 6.79 Å². The topological polar surface area (TPSA) is 85.3 Å². The molecule has 3 aliphatic rings. The van der Waals surface area contributed by atoms with E-state index < -0.39 is 9.84 Å². The first-order valence-electron chi connectivity index (χ1n) is 7.52. The summed E-state index contributed by atoms with van der Waals surface area (Å²) in [5.74, 6) is 1.79. The van der Waals surface area contributed by atoms with E-state index in [0.29, 0.717) is 22.4 Å². The molecule has 0 aromatic heterocycles. The Morgan fingerprint density at radius 3 is 2.92 bits per heavy atom. The summed E-state index contributed by atoms with van der Waals surface area (Å²) in [7, 11) is -3.09. The lowest BCUT2D eigenvalue weighted by molar-refractivity contribution is -0.114. The highest BCUT2D eigenvalue weighted by Gasteiger charge is 2.47. The summed E-state index contributed by atoms with van der Waals surface area (Å²) >= 11 is 1.34. The number of thioether (sulfide) groups is 1. The molecule has 2 unspecified atom stereocenters. The molecule has 1 aromatic carbocycles. The molecule has 1 saturated heterocycles. The predicted octanol–water partition coefficient (Wildman–Crippen LogP) is 1.08. The van der Waals surface area contributed by atoms with Crippen LogP contribution in [0.25, 0.3) is 0 Å². The molecule has 128 valence electrons. The van der Waals surface area contributed by atoms with Crippen LogP contribution >= 0.6 is 11.8 Å². The minimum absolute atomic E-state index is 0.0537. The molecule has 7 nitrogen and oxygen atoms in total. The number of carbonyl (C=O) groups excluding carboxylic acids is 1. The van der Waals surface area contributed by atoms with Gasteiger partial charge in [-0.3, -0.25) is 9.79 Å². The van der Waals surface area contributed by atoms with Crippen LogP contribution in [0.15, 0.2) is 23.2 Å². The number of rotatable bonds is 3. The lowest BCUT2D eigenvalue weighted by atomic mass is 10.1. The molecule has 0 saturated carbocycles. The van der Waals surface area contributed by atoms with Crippen molar-refractivity contribution >= 4 is 38.2 Å². The molecule has 0 radical (unpaired) electrons. The van der Waals surface area contributed by atoms with Crippen LogP contribution in [-0.2, 0) is 14.6 Å². The average Bonchev–Trinajstić information content (AvgIpc) is 3.15. The molecule has 0 bridgehead atoms. The predicted molar refractivity (Wildman–Crippen MR) is 91.8 cm³/mol. The maximum Gasteiger partial charge on any atom is 0.231 e. The fourth-order valence-electron chi connectivity index (χ4n) is 3.14. The van der Waals surface area contributed by atoms with Gasteiger partial charge in [-0.15, -0.1) is 0 Å². The number of hydrogen-bond acceptors (Lipinski definition) is 8. The van der Waals surface area contributed by atoms with Crippen molar-refractivity contribution in [1.82, 2.24) is 0 Å². The van der Waals surface area contributed by atoms with Crippen molar-refractivity contribution < 1.29 is 22.7 Å². The van der Waals surface area contributed by atoms with Crippen LogP contribution in [0, 0.1) is 0 Å². The van der Waals surface area contributed by atoms with Gasteiger partial charge >= 0.3 is 0 Å². The molecular weight excluding hydrogens is 352 g/mol. The number of Topliss-reactive ketones (excluding diaryl/α,β-unsaturated/α-hetero) is 1. The summed E-state index contributed by atoms with van der Waals surface area (Å²) in [6, 6.07) is 4.99. The Hall–Kier alpha value is -1.74. The molecule has 0 N–H and O–H groups in total. The lowest BCUT2D eigenvalue weighted by Gasteiger charge is -2.26. The van der Waals surface area contributed by atoms with Crippen LogP contribution in [0.1, 0.15) is 6.92 Å². The van der Waals surface area contributed by atoms with E-state index in [0.717, 1.165) is 5.69 Å². The zero-order valence-electron chi connectivity index (χ0n) is 13.0. The molecular formula is C15H16N2O5S2. The van der Waals surface area contributed by atoms with E-state index >= 15 is 0 Å². The molecule has 2 atom stereocenters. The summed E-state index contributed by atoms with van der Waals surface area (Å²) in [4.78, 5) is 17.8. The first-order valence-corrected chi connectivity index (χ1v) is 10.3. The van der Waals surface area contributed by atoms with Crippen LogP contribution in [0.4, 0.5) is 5.69 Å². The van der Waals surface area contributed by atoms with Crippen molar-refractivity contribution in [2.24, 2.45) is 4.99 Å². The summed E-state index contributed by atoms with van der Waals surface area (Å²) in [6.07, 6.45) is 0. The minimum atomic E-state index is -3.09. The van der Waals surface area contributed by atoms with Crippen LogP contribution in [0.2, 0.25) is 0 Å². The van der Waals surface area contributed by atoms with Gasteiger partial charge in [-0.1, -0.05) is 11.8 Å². The smallest absolute Gasteiger partial charge is 0.231 e. The molecule has 0 aliphatic carbocycles. The van der Waals surface area contributed by atoms with Crippen molar-refractivity contribution in [3.05, 3.63) is 18.2 Å². The summed E-state index contributed by atoms with van der Waals surface area (Å²) in [5, 5.41) is 0.689. The van der Waals surface area contributed by atoms with Crippen LogP contribution in [-0.4, -0.2) is 55.5 Å². The zero-order valence-corrected chi connectivity index (χ0v) is 14.6. The van der Waals surface area contributed by atoms with Crippen LogP contribution in [0.5, 0.6) is 11.5 Å². The monoisotopic (exact) mass is 368 g/mol. The second kappa shape index (κ2) is 5.66. The number of aliphatic imine (C=N–C) groups is 1. The number of hydrogen-bond donors (Lipinski definition) is 0. The van der Waals surface area contributed by atoms with Gasteiger partial charge in [0.25, 0.3) is 0 Å². The molecule has 3 aliphatic heterocycles. The number of nitrogens with zero attached hydrogens (tertiary/aromatic N) is 2. The molecule has 4 rings (SSSR count). The van der Waals surface area contributed by atoms with E-state index in [1.807, 2.05) is 23.1 Å². The Bertz CT molecular complexity index is 836. The van der Waals surface area contributed by atoms with E-state index in [-0.39, 0.29) is 36.2 Å². The zero-order chi connectivity index (χ0) is 16.9. The molecule has 1 fully saturated rings. The van der Waals surface area contributed by atoms with Gasteiger partial charge in [0, 0.05) is 11.8 Å². The molecule has 0 spiro atoms. The first-order chi connectivity index (χ1) is 11.4. The molecule has 0 amide bonds. The van der Waals surface area contributed by atoms with Gasteiger partial charge in [-0.05, 0) is 19.1 Å². The fourth-order valence-corrected chi connectivity index (χ4v) is 5.90. The van der Waals surface area contributed by atoms with Gasteiger partial charge in [0.1, 0.15) is 5.78 Å². The van der Waals surface area contributed by atoms with Crippen molar-refractivity contribution in [1.29, 1.82) is 0 Å². The fraction of sp³-hybridized carbons (Fsp3) is 0.467. The Morgan fingerprint density at radius 1 is 1.33 bits per heavy atom.